The van der Waals surface area contributed by atoms with Crippen LogP contribution in [-0.2, 0) is 16.8 Å². The van der Waals surface area contributed by atoms with Gasteiger partial charge in [-0.2, -0.15) is 0 Å². The first kappa shape index (κ1) is 42.4. The Bertz CT molecular complexity index is 1860. The summed E-state index contributed by atoms with van der Waals surface area (Å²) in [5.74, 6) is 0. The summed E-state index contributed by atoms with van der Waals surface area (Å²) < 4.78 is 0. The predicted octanol–water partition coefficient (Wildman–Crippen LogP) is 10.3. The molecule has 0 aliphatic rings. The summed E-state index contributed by atoms with van der Waals surface area (Å²) in [6, 6.07) is 97.0. The van der Waals surface area contributed by atoms with Crippen LogP contribution in [0.2, 0.25) is 0 Å². The summed E-state index contributed by atoms with van der Waals surface area (Å²) in [5, 5.41) is 12.6. The van der Waals surface area contributed by atoms with E-state index in [0.717, 1.165) is 0 Å². The molecule has 0 atom stereocenters. The fraction of sp³-hybridized carbons (Fsp3) is 0. The van der Waals surface area contributed by atoms with E-state index in [1.807, 2.05) is 0 Å². The quantitative estimate of drug-likeness (QED) is 0.127. The van der Waals surface area contributed by atoms with Crippen molar-refractivity contribution in [1.82, 2.24) is 0 Å². The summed E-state index contributed by atoms with van der Waals surface area (Å²) >= 11 is 0. The summed E-state index contributed by atoms with van der Waals surface area (Å²) in [7, 11) is -1.34. The molecule has 9 aromatic carbocycles. The van der Waals surface area contributed by atoms with Crippen molar-refractivity contribution in [3.63, 3.8) is 0 Å². The van der Waals surface area contributed by atoms with Gasteiger partial charge in [-0.1, -0.05) is 273 Å². The number of rotatable bonds is 9. The van der Waals surface area contributed by atoms with Gasteiger partial charge in [0.15, 0.2) is 0 Å². The smallest absolute Gasteiger partial charge is 0.0622 e. The first-order chi connectivity index (χ1) is 28.3. The molecule has 0 aliphatic carbocycles. The topological polar surface area (TPSA) is 0 Å². The van der Waals surface area contributed by atoms with Crippen LogP contribution in [-0.4, -0.2) is 0 Å². The molecule has 0 bridgehead atoms. The second-order valence-corrected chi connectivity index (χ2v) is 19.7. The van der Waals surface area contributed by atoms with Gasteiger partial charge in [0.05, 0.1) is 0 Å². The maximum Gasteiger partial charge on any atom is 3.00 e. The maximum absolute atomic E-state index is 2.23. The second-order valence-electron chi connectivity index (χ2n) is 13.0. The molecule has 58 heavy (non-hydrogen) atoms. The van der Waals surface area contributed by atoms with E-state index in [0.29, 0.717) is 0 Å². The van der Waals surface area contributed by atoms with Crippen molar-refractivity contribution in [2.45, 2.75) is 0 Å². The molecule has 0 saturated heterocycles. The number of benzene rings is 9. The van der Waals surface area contributed by atoms with Gasteiger partial charge in [-0.05, 0) is 71.5 Å². The second kappa shape index (κ2) is 23.2. The molecule has 0 unspecified atom stereocenters. The van der Waals surface area contributed by atoms with Crippen molar-refractivity contribution in [3.8, 4) is 0 Å². The van der Waals surface area contributed by atoms with Crippen LogP contribution in [0.4, 0.5) is 0 Å². The van der Waals surface area contributed by atoms with Gasteiger partial charge in [-0.15, -0.1) is 0 Å². The molecule has 0 heterocycles. The van der Waals surface area contributed by atoms with Gasteiger partial charge in [0.25, 0.3) is 0 Å². The Hall–Kier alpha value is -5.22. The Kier molecular flexibility index (Phi) is 17.0. The zero-order valence-electron chi connectivity index (χ0n) is 32.2. The van der Waals surface area contributed by atoms with Crippen LogP contribution >= 0.6 is 23.8 Å². The monoisotopic (exact) mass is 845 g/mol. The summed E-state index contributed by atoms with van der Waals surface area (Å²) in [6.45, 7) is 0. The molecule has 0 amide bonds. The van der Waals surface area contributed by atoms with Crippen molar-refractivity contribution < 1.29 is 16.8 Å². The minimum atomic E-state index is -0.446. The average molecular weight is 846 g/mol. The maximum atomic E-state index is 2.23. The van der Waals surface area contributed by atoms with E-state index in [1.165, 1.54) is 47.7 Å². The van der Waals surface area contributed by atoms with Gasteiger partial charge in [-0.3, -0.25) is 0 Å². The normalized spacial score (nSPS) is 10.4. The van der Waals surface area contributed by atoms with Crippen LogP contribution < -0.4 is 47.7 Å². The van der Waals surface area contributed by atoms with E-state index < -0.39 is 23.8 Å². The van der Waals surface area contributed by atoms with Crippen molar-refractivity contribution in [3.05, 3.63) is 273 Å². The molecule has 0 fully saturated rings. The zero-order chi connectivity index (χ0) is 38.7. The molecule has 0 aromatic heterocycles. The minimum absolute atomic E-state index is 0. The Balaban J connectivity index is 0.000000145. The van der Waals surface area contributed by atoms with Crippen molar-refractivity contribution in [1.29, 1.82) is 0 Å². The van der Waals surface area contributed by atoms with Gasteiger partial charge >= 0.3 is 16.8 Å². The minimum Gasteiger partial charge on any atom is -0.0622 e. The van der Waals surface area contributed by atoms with Crippen molar-refractivity contribution >= 4 is 71.5 Å². The third kappa shape index (κ3) is 11.9. The van der Waals surface area contributed by atoms with E-state index in [4.69, 9.17) is 0 Å². The molecule has 0 N–H and O–H groups in total. The van der Waals surface area contributed by atoms with Gasteiger partial charge in [0, 0.05) is 0 Å². The van der Waals surface area contributed by atoms with Crippen LogP contribution in [0.15, 0.2) is 273 Å². The van der Waals surface area contributed by atoms with E-state index in [-0.39, 0.29) is 16.8 Å². The fourth-order valence-electron chi connectivity index (χ4n) is 6.54. The summed E-state index contributed by atoms with van der Waals surface area (Å²) in [4.78, 5) is 0. The van der Waals surface area contributed by atoms with Crippen molar-refractivity contribution in [2.24, 2.45) is 0 Å². The molecule has 282 valence electrons. The van der Waals surface area contributed by atoms with Crippen LogP contribution in [0.25, 0.3) is 0 Å². The molecular weight excluding hydrogens is 800 g/mol. The summed E-state index contributed by atoms with van der Waals surface area (Å²) in [5.41, 5.74) is 0. The van der Waals surface area contributed by atoms with Gasteiger partial charge < -0.3 is 0 Å². The Morgan fingerprint density at radius 1 is 0.138 bits per heavy atom. The Morgan fingerprint density at radius 2 is 0.224 bits per heavy atom. The molecule has 4 heteroatoms. The van der Waals surface area contributed by atoms with E-state index >= 15 is 0 Å². The van der Waals surface area contributed by atoms with E-state index in [1.54, 1.807) is 0 Å². The van der Waals surface area contributed by atoms with Gasteiger partial charge in [-0.25, -0.2) is 0 Å². The third-order valence-electron chi connectivity index (χ3n) is 9.13. The Labute approximate surface area is 359 Å². The molecule has 0 saturated carbocycles. The Morgan fingerprint density at radius 3 is 0.310 bits per heavy atom. The SMILES string of the molecule is [Co+3].c1ccc(P(c2ccccc2)c2ccccc2)cc1.c1ccc(P(c2ccccc2)c2ccccc2)cc1.c1ccc(P(c2ccccc2)c2ccccc2)cc1. The fourth-order valence-corrected chi connectivity index (χ4v) is 13.5. The first-order valence-electron chi connectivity index (χ1n) is 19.2. The first-order valence-corrected chi connectivity index (χ1v) is 23.2. The third-order valence-corrected chi connectivity index (χ3v) is 16.5. The predicted molar refractivity (Wildman–Crippen MR) is 255 cm³/mol. The molecule has 0 spiro atoms. The van der Waals surface area contributed by atoms with Gasteiger partial charge in [0.1, 0.15) is 0 Å². The number of hydrogen-bond donors (Lipinski definition) is 0. The standard InChI is InChI=1S/3C18H15P.Co/c3*1-4-10-16(11-5-1)19(17-12-6-2-7-13-17)18-14-8-3-9-15-18;/h3*1-15H;/q;;;+3. The molecule has 9 rings (SSSR count). The van der Waals surface area contributed by atoms with Crippen LogP contribution in [0.3, 0.4) is 0 Å². The summed E-state index contributed by atoms with van der Waals surface area (Å²) in [6.07, 6.45) is 0. The van der Waals surface area contributed by atoms with Crippen LogP contribution in [0.1, 0.15) is 0 Å². The molecule has 0 nitrogen and oxygen atoms in total. The zero-order valence-corrected chi connectivity index (χ0v) is 35.9. The van der Waals surface area contributed by atoms with Crippen molar-refractivity contribution in [2.75, 3.05) is 0 Å². The molecule has 0 aliphatic heterocycles. The van der Waals surface area contributed by atoms with E-state index in [9.17, 15) is 0 Å². The van der Waals surface area contributed by atoms with Crippen LogP contribution in [0.5, 0.6) is 0 Å². The average Bonchev–Trinajstić information content (AvgIpc) is 3.30. The molecule has 0 radical (unpaired) electrons. The molecule has 9 aromatic rings. The van der Waals surface area contributed by atoms with Crippen LogP contribution in [0, 0.1) is 0 Å². The number of hydrogen-bond acceptors (Lipinski definition) is 0. The van der Waals surface area contributed by atoms with Gasteiger partial charge in [0.2, 0.25) is 0 Å². The largest absolute Gasteiger partial charge is 3.00 e. The molecular formula is C54H45CoP3+3. The van der Waals surface area contributed by atoms with E-state index in [2.05, 4.69) is 273 Å².